The summed E-state index contributed by atoms with van der Waals surface area (Å²) in [6.45, 7) is 6.28. The SMILES string of the molecule is CCN1CCCC1CN=C(N)NCC1CCCc2ccccc21.I. The minimum Gasteiger partial charge on any atom is -0.370 e. The number of nitrogens with zero attached hydrogens (tertiary/aromatic N) is 2. The number of likely N-dealkylation sites (tertiary alicyclic amines) is 1. The number of fused-ring (bicyclic) bond motifs is 1. The lowest BCUT2D eigenvalue weighted by atomic mass is 9.83. The van der Waals surface area contributed by atoms with Crippen LogP contribution in [0, 0.1) is 0 Å². The number of nitrogens with two attached hydrogens (primary N) is 1. The summed E-state index contributed by atoms with van der Waals surface area (Å²) in [6.07, 6.45) is 6.27. The number of halogens is 1. The van der Waals surface area contributed by atoms with E-state index >= 15 is 0 Å². The maximum Gasteiger partial charge on any atom is 0.188 e. The van der Waals surface area contributed by atoms with Gasteiger partial charge in [0, 0.05) is 18.5 Å². The first-order valence-electron chi connectivity index (χ1n) is 9.13. The second kappa shape index (κ2) is 9.61. The summed E-state index contributed by atoms with van der Waals surface area (Å²) in [5.41, 5.74) is 9.09. The molecule has 1 aliphatic carbocycles. The molecule has 1 aliphatic heterocycles. The monoisotopic (exact) mass is 442 g/mol. The van der Waals surface area contributed by atoms with E-state index in [9.17, 15) is 0 Å². The highest BCUT2D eigenvalue weighted by Gasteiger charge is 2.22. The van der Waals surface area contributed by atoms with Crippen molar-refractivity contribution >= 4 is 29.9 Å². The van der Waals surface area contributed by atoms with Gasteiger partial charge in [-0.25, -0.2) is 0 Å². The van der Waals surface area contributed by atoms with E-state index in [1.165, 1.54) is 49.8 Å². The Labute approximate surface area is 163 Å². The van der Waals surface area contributed by atoms with Crippen molar-refractivity contribution < 1.29 is 0 Å². The number of benzene rings is 1. The van der Waals surface area contributed by atoms with E-state index in [1.54, 1.807) is 0 Å². The summed E-state index contributed by atoms with van der Waals surface area (Å²) < 4.78 is 0. The molecule has 0 aromatic heterocycles. The van der Waals surface area contributed by atoms with Gasteiger partial charge in [-0.15, -0.1) is 24.0 Å². The fourth-order valence-electron chi connectivity index (χ4n) is 4.07. The molecule has 1 heterocycles. The largest absolute Gasteiger partial charge is 0.370 e. The first-order valence-corrected chi connectivity index (χ1v) is 9.13. The third-order valence-electron chi connectivity index (χ3n) is 5.40. The third-order valence-corrected chi connectivity index (χ3v) is 5.40. The minimum absolute atomic E-state index is 0. The summed E-state index contributed by atoms with van der Waals surface area (Å²) in [5.74, 6) is 1.17. The molecule has 2 aliphatic rings. The van der Waals surface area contributed by atoms with Crippen molar-refractivity contribution in [3.05, 3.63) is 35.4 Å². The Morgan fingerprint density at radius 2 is 2.12 bits per heavy atom. The number of hydrogen-bond donors (Lipinski definition) is 2. The number of likely N-dealkylation sites (N-methyl/N-ethyl adjacent to an activating group) is 1. The lowest BCUT2D eigenvalue weighted by Crippen LogP contribution is -2.37. The van der Waals surface area contributed by atoms with Crippen molar-refractivity contribution in [2.45, 2.75) is 51.0 Å². The van der Waals surface area contributed by atoms with Crippen LogP contribution in [-0.2, 0) is 6.42 Å². The number of nitrogens with one attached hydrogen (secondary N) is 1. The van der Waals surface area contributed by atoms with Gasteiger partial charge in [0.05, 0.1) is 6.54 Å². The standard InChI is InChI=1S/C19H30N4.HI/c1-2-23-12-6-10-17(23)14-22-19(20)21-13-16-9-5-8-15-7-3-4-11-18(15)16;/h3-4,7,11,16-17H,2,5-6,8-10,12-14H2,1H3,(H3,20,21,22);1H. The molecule has 0 spiro atoms. The smallest absolute Gasteiger partial charge is 0.188 e. The van der Waals surface area contributed by atoms with Crippen LogP contribution < -0.4 is 11.1 Å². The number of rotatable bonds is 5. The van der Waals surface area contributed by atoms with Gasteiger partial charge in [0.15, 0.2) is 5.96 Å². The molecule has 3 N–H and O–H groups in total. The van der Waals surface area contributed by atoms with Crippen LogP contribution in [0.5, 0.6) is 0 Å². The van der Waals surface area contributed by atoms with Gasteiger partial charge in [-0.3, -0.25) is 9.89 Å². The van der Waals surface area contributed by atoms with Gasteiger partial charge < -0.3 is 11.1 Å². The Kier molecular flexibility index (Phi) is 7.81. The molecule has 0 bridgehead atoms. The highest BCUT2D eigenvalue weighted by molar-refractivity contribution is 14.0. The Morgan fingerprint density at radius 3 is 2.96 bits per heavy atom. The van der Waals surface area contributed by atoms with Crippen molar-refractivity contribution in [1.29, 1.82) is 0 Å². The number of guanidine groups is 1. The Hall–Kier alpha value is -0.820. The zero-order valence-electron chi connectivity index (χ0n) is 14.7. The Morgan fingerprint density at radius 1 is 1.29 bits per heavy atom. The van der Waals surface area contributed by atoms with Crippen LogP contribution in [0.3, 0.4) is 0 Å². The fourth-order valence-corrected chi connectivity index (χ4v) is 4.07. The van der Waals surface area contributed by atoms with E-state index < -0.39 is 0 Å². The number of aryl methyl sites for hydroxylation is 1. The van der Waals surface area contributed by atoms with Gasteiger partial charge in [-0.2, -0.15) is 0 Å². The normalized spacial score (nSPS) is 24.3. The predicted molar refractivity (Wildman–Crippen MR) is 112 cm³/mol. The van der Waals surface area contributed by atoms with Crippen LogP contribution in [0.4, 0.5) is 0 Å². The lowest BCUT2D eigenvalue weighted by molar-refractivity contribution is 0.273. The topological polar surface area (TPSA) is 53.6 Å². The zero-order valence-corrected chi connectivity index (χ0v) is 17.0. The third kappa shape index (κ3) is 4.85. The van der Waals surface area contributed by atoms with Crippen molar-refractivity contribution in [1.82, 2.24) is 10.2 Å². The first-order chi connectivity index (χ1) is 11.3. The molecule has 0 amide bonds. The van der Waals surface area contributed by atoms with E-state index in [4.69, 9.17) is 5.73 Å². The molecule has 1 saturated heterocycles. The molecule has 1 aromatic rings. The molecule has 0 radical (unpaired) electrons. The summed E-state index contributed by atoms with van der Waals surface area (Å²) in [4.78, 5) is 7.09. The summed E-state index contributed by atoms with van der Waals surface area (Å²) in [7, 11) is 0. The average Bonchev–Trinajstić information content (AvgIpc) is 3.05. The second-order valence-corrected chi connectivity index (χ2v) is 6.82. The van der Waals surface area contributed by atoms with Crippen LogP contribution in [-0.4, -0.2) is 43.1 Å². The molecule has 0 saturated carbocycles. The highest BCUT2D eigenvalue weighted by Crippen LogP contribution is 2.30. The molecule has 1 fully saturated rings. The van der Waals surface area contributed by atoms with Crippen LogP contribution in [0.25, 0.3) is 0 Å². The van der Waals surface area contributed by atoms with E-state index in [1.807, 2.05) is 0 Å². The molecule has 134 valence electrons. The summed E-state index contributed by atoms with van der Waals surface area (Å²) >= 11 is 0. The second-order valence-electron chi connectivity index (χ2n) is 6.82. The molecule has 5 heteroatoms. The van der Waals surface area contributed by atoms with Crippen LogP contribution in [0.15, 0.2) is 29.3 Å². The average molecular weight is 442 g/mol. The van der Waals surface area contributed by atoms with Gasteiger partial charge >= 0.3 is 0 Å². The van der Waals surface area contributed by atoms with Crippen molar-refractivity contribution in [3.63, 3.8) is 0 Å². The molecule has 2 unspecified atom stereocenters. The van der Waals surface area contributed by atoms with Gasteiger partial charge in [0.1, 0.15) is 0 Å². The molecule has 3 rings (SSSR count). The summed E-state index contributed by atoms with van der Waals surface area (Å²) in [5, 5.41) is 3.36. The summed E-state index contributed by atoms with van der Waals surface area (Å²) in [6, 6.07) is 9.40. The molecule has 2 atom stereocenters. The van der Waals surface area contributed by atoms with Crippen molar-refractivity contribution in [2.24, 2.45) is 10.7 Å². The van der Waals surface area contributed by atoms with E-state index in [2.05, 4.69) is 46.4 Å². The van der Waals surface area contributed by atoms with Gasteiger partial charge in [-0.1, -0.05) is 31.2 Å². The molecular weight excluding hydrogens is 411 g/mol. The molecule has 24 heavy (non-hydrogen) atoms. The maximum atomic E-state index is 6.10. The molecule has 1 aromatic carbocycles. The first kappa shape index (κ1) is 19.5. The number of aliphatic imine (C=N–C) groups is 1. The van der Waals surface area contributed by atoms with Crippen LogP contribution in [0.2, 0.25) is 0 Å². The van der Waals surface area contributed by atoms with E-state index in [-0.39, 0.29) is 24.0 Å². The quantitative estimate of drug-likeness (QED) is 0.419. The zero-order chi connectivity index (χ0) is 16.1. The van der Waals surface area contributed by atoms with Gasteiger partial charge in [0.2, 0.25) is 0 Å². The van der Waals surface area contributed by atoms with Gasteiger partial charge in [-0.05, 0) is 56.3 Å². The molecule has 4 nitrogen and oxygen atoms in total. The maximum absolute atomic E-state index is 6.10. The lowest BCUT2D eigenvalue weighted by Gasteiger charge is -2.26. The van der Waals surface area contributed by atoms with E-state index in [0.717, 1.165) is 19.6 Å². The number of hydrogen-bond acceptors (Lipinski definition) is 2. The molecular formula is C19H31IN4. The predicted octanol–water partition coefficient (Wildman–Crippen LogP) is 3.11. The van der Waals surface area contributed by atoms with Crippen molar-refractivity contribution in [2.75, 3.05) is 26.2 Å². The Bertz CT molecular complexity index is 546. The fraction of sp³-hybridized carbons (Fsp3) is 0.632. The van der Waals surface area contributed by atoms with E-state index in [0.29, 0.717) is 17.9 Å². The van der Waals surface area contributed by atoms with Gasteiger partial charge in [0.25, 0.3) is 0 Å². The minimum atomic E-state index is 0. The van der Waals surface area contributed by atoms with Crippen LogP contribution in [0.1, 0.15) is 49.7 Å². The Balaban J connectivity index is 0.00000208. The highest BCUT2D eigenvalue weighted by atomic mass is 127. The van der Waals surface area contributed by atoms with Crippen molar-refractivity contribution in [3.8, 4) is 0 Å². The van der Waals surface area contributed by atoms with Crippen LogP contribution >= 0.6 is 24.0 Å².